The van der Waals surface area contributed by atoms with Crippen molar-refractivity contribution in [3.05, 3.63) is 65.1 Å². The number of methoxy groups -OCH3 is 1. The van der Waals surface area contributed by atoms with E-state index in [-0.39, 0.29) is 18.0 Å². The second kappa shape index (κ2) is 9.13. The van der Waals surface area contributed by atoms with Gasteiger partial charge in [-0.05, 0) is 54.6 Å². The molecule has 0 unspecified atom stereocenters. The first-order valence-electron chi connectivity index (χ1n) is 8.34. The number of sulfonamides is 1. The molecule has 1 aromatic heterocycles. The van der Waals surface area contributed by atoms with E-state index in [0.717, 1.165) is 15.8 Å². The lowest BCUT2D eigenvalue weighted by atomic mass is 10.1. The molecule has 0 amide bonds. The Kier molecular flexibility index (Phi) is 6.61. The molecule has 9 heteroatoms. The SMILES string of the molecule is COc1ccc(-c2ccc(OCCNS(=O)(=O)c3ccc(Br)cc3)nn2)cc1. The molecule has 3 rings (SSSR count). The minimum absolute atomic E-state index is 0.111. The maximum atomic E-state index is 12.2. The molecule has 0 atom stereocenters. The zero-order valence-corrected chi connectivity index (χ0v) is 17.4. The lowest BCUT2D eigenvalue weighted by molar-refractivity contribution is 0.307. The van der Waals surface area contributed by atoms with Crippen LogP contribution in [0.5, 0.6) is 11.6 Å². The van der Waals surface area contributed by atoms with Crippen LogP contribution in [0.4, 0.5) is 0 Å². The average molecular weight is 464 g/mol. The molecule has 146 valence electrons. The predicted octanol–water partition coefficient (Wildman–Crippen LogP) is 3.27. The van der Waals surface area contributed by atoms with Crippen LogP contribution < -0.4 is 14.2 Å². The van der Waals surface area contributed by atoms with Crippen molar-refractivity contribution >= 4 is 26.0 Å². The summed E-state index contributed by atoms with van der Waals surface area (Å²) >= 11 is 3.27. The number of hydrogen-bond donors (Lipinski definition) is 1. The molecule has 0 saturated heterocycles. The van der Waals surface area contributed by atoms with E-state index < -0.39 is 10.0 Å². The standard InChI is InChI=1S/C19H18BrN3O4S/c1-26-16-6-2-14(3-7-16)18-10-11-19(23-22-18)27-13-12-21-28(24,25)17-8-4-15(20)5-9-17/h2-11,21H,12-13H2,1H3. The lowest BCUT2D eigenvalue weighted by Gasteiger charge is -2.08. The monoisotopic (exact) mass is 463 g/mol. The fourth-order valence-electron chi connectivity index (χ4n) is 2.34. The summed E-state index contributed by atoms with van der Waals surface area (Å²) in [5.41, 5.74) is 1.60. The molecule has 1 heterocycles. The minimum Gasteiger partial charge on any atom is -0.497 e. The minimum atomic E-state index is -3.58. The third kappa shape index (κ3) is 5.28. The quantitative estimate of drug-likeness (QED) is 0.515. The largest absolute Gasteiger partial charge is 0.497 e. The Morgan fingerprint density at radius 1 is 0.964 bits per heavy atom. The van der Waals surface area contributed by atoms with Crippen molar-refractivity contribution in [2.24, 2.45) is 0 Å². The molecule has 0 aliphatic rings. The van der Waals surface area contributed by atoms with Crippen LogP contribution in [0.1, 0.15) is 0 Å². The van der Waals surface area contributed by atoms with E-state index in [1.165, 1.54) is 12.1 Å². The number of ether oxygens (including phenoxy) is 2. The second-order valence-electron chi connectivity index (χ2n) is 5.69. The number of halogens is 1. The molecule has 0 radical (unpaired) electrons. The van der Waals surface area contributed by atoms with Crippen molar-refractivity contribution in [1.82, 2.24) is 14.9 Å². The molecule has 7 nitrogen and oxygen atoms in total. The van der Waals surface area contributed by atoms with Gasteiger partial charge in [-0.3, -0.25) is 0 Å². The van der Waals surface area contributed by atoms with Crippen LogP contribution in [0.2, 0.25) is 0 Å². The van der Waals surface area contributed by atoms with Crippen molar-refractivity contribution in [3.8, 4) is 22.9 Å². The molecule has 3 aromatic rings. The van der Waals surface area contributed by atoms with E-state index in [1.807, 2.05) is 24.3 Å². The van der Waals surface area contributed by atoms with Crippen LogP contribution >= 0.6 is 15.9 Å². The van der Waals surface area contributed by atoms with Crippen molar-refractivity contribution < 1.29 is 17.9 Å². The molecule has 0 fully saturated rings. The van der Waals surface area contributed by atoms with Crippen LogP contribution in [0.3, 0.4) is 0 Å². The summed E-state index contributed by atoms with van der Waals surface area (Å²) in [6, 6.07) is 17.3. The lowest BCUT2D eigenvalue weighted by Crippen LogP contribution is -2.28. The third-order valence-corrected chi connectivity index (χ3v) is 5.80. The molecule has 0 aliphatic heterocycles. The first-order valence-corrected chi connectivity index (χ1v) is 10.6. The number of rotatable bonds is 8. The number of aromatic nitrogens is 2. The first kappa shape index (κ1) is 20.2. The summed E-state index contributed by atoms with van der Waals surface area (Å²) in [7, 11) is -1.97. The van der Waals surface area contributed by atoms with Crippen LogP contribution in [0.25, 0.3) is 11.3 Å². The van der Waals surface area contributed by atoms with E-state index >= 15 is 0 Å². The van der Waals surface area contributed by atoms with E-state index in [9.17, 15) is 8.42 Å². The Balaban J connectivity index is 1.51. The van der Waals surface area contributed by atoms with Gasteiger partial charge in [-0.2, -0.15) is 0 Å². The van der Waals surface area contributed by atoms with Crippen molar-refractivity contribution in [2.45, 2.75) is 4.90 Å². The highest BCUT2D eigenvalue weighted by atomic mass is 79.9. The Bertz CT molecular complexity index is 1010. The highest BCUT2D eigenvalue weighted by Crippen LogP contribution is 2.21. The molecule has 0 saturated carbocycles. The van der Waals surface area contributed by atoms with Gasteiger partial charge in [0.2, 0.25) is 15.9 Å². The van der Waals surface area contributed by atoms with Gasteiger partial charge in [-0.1, -0.05) is 15.9 Å². The zero-order chi connectivity index (χ0) is 20.0. The molecule has 0 spiro atoms. The van der Waals surface area contributed by atoms with Gasteiger partial charge < -0.3 is 9.47 Å². The van der Waals surface area contributed by atoms with Gasteiger partial charge in [0.1, 0.15) is 12.4 Å². The second-order valence-corrected chi connectivity index (χ2v) is 8.37. The van der Waals surface area contributed by atoms with E-state index in [0.29, 0.717) is 11.6 Å². The summed E-state index contributed by atoms with van der Waals surface area (Å²) in [5, 5.41) is 8.14. The number of benzene rings is 2. The highest BCUT2D eigenvalue weighted by Gasteiger charge is 2.13. The zero-order valence-electron chi connectivity index (χ0n) is 15.0. The maximum Gasteiger partial charge on any atom is 0.240 e. The van der Waals surface area contributed by atoms with Crippen LogP contribution in [0, 0.1) is 0 Å². The summed E-state index contributed by atoms with van der Waals surface area (Å²) < 4.78 is 38.2. The molecule has 0 bridgehead atoms. The van der Waals surface area contributed by atoms with Gasteiger partial charge in [0.15, 0.2) is 0 Å². The van der Waals surface area contributed by atoms with Crippen LogP contribution in [-0.4, -0.2) is 38.9 Å². The van der Waals surface area contributed by atoms with E-state index in [2.05, 4.69) is 30.8 Å². The van der Waals surface area contributed by atoms with Gasteiger partial charge in [-0.25, -0.2) is 13.1 Å². The van der Waals surface area contributed by atoms with Crippen molar-refractivity contribution in [3.63, 3.8) is 0 Å². The summed E-state index contributed by atoms with van der Waals surface area (Å²) in [6.07, 6.45) is 0. The van der Waals surface area contributed by atoms with Crippen molar-refractivity contribution in [2.75, 3.05) is 20.3 Å². The van der Waals surface area contributed by atoms with Gasteiger partial charge in [0.25, 0.3) is 0 Å². The average Bonchev–Trinajstić information content (AvgIpc) is 2.72. The van der Waals surface area contributed by atoms with E-state index in [1.54, 1.807) is 31.4 Å². The first-order chi connectivity index (χ1) is 13.5. The topological polar surface area (TPSA) is 90.4 Å². The van der Waals surface area contributed by atoms with Crippen LogP contribution in [0.15, 0.2) is 70.0 Å². The molecule has 1 N–H and O–H groups in total. The van der Waals surface area contributed by atoms with Crippen molar-refractivity contribution in [1.29, 1.82) is 0 Å². The van der Waals surface area contributed by atoms with Gasteiger partial charge in [-0.15, -0.1) is 10.2 Å². The number of hydrogen-bond acceptors (Lipinski definition) is 6. The molecule has 0 aliphatic carbocycles. The molecular weight excluding hydrogens is 446 g/mol. The maximum absolute atomic E-state index is 12.2. The van der Waals surface area contributed by atoms with Gasteiger partial charge in [0.05, 0.1) is 17.7 Å². The Hall–Kier alpha value is -2.49. The normalized spacial score (nSPS) is 11.2. The Labute approximate surface area is 171 Å². The number of nitrogens with zero attached hydrogens (tertiary/aromatic N) is 2. The smallest absolute Gasteiger partial charge is 0.240 e. The third-order valence-electron chi connectivity index (χ3n) is 3.79. The molecular formula is C19H18BrN3O4S. The van der Waals surface area contributed by atoms with E-state index in [4.69, 9.17) is 9.47 Å². The Morgan fingerprint density at radius 3 is 2.29 bits per heavy atom. The fraction of sp³-hybridized carbons (Fsp3) is 0.158. The summed E-state index contributed by atoms with van der Waals surface area (Å²) in [5.74, 6) is 1.09. The summed E-state index contributed by atoms with van der Waals surface area (Å²) in [6.45, 7) is 0.243. The van der Waals surface area contributed by atoms with Gasteiger partial charge >= 0.3 is 0 Å². The number of nitrogens with one attached hydrogen (secondary N) is 1. The predicted molar refractivity (Wildman–Crippen MR) is 109 cm³/mol. The fourth-order valence-corrected chi connectivity index (χ4v) is 3.62. The Morgan fingerprint density at radius 2 is 1.68 bits per heavy atom. The molecule has 28 heavy (non-hydrogen) atoms. The highest BCUT2D eigenvalue weighted by molar-refractivity contribution is 9.10. The van der Waals surface area contributed by atoms with Gasteiger partial charge in [0, 0.05) is 22.6 Å². The van der Waals surface area contributed by atoms with Crippen LogP contribution in [-0.2, 0) is 10.0 Å². The summed E-state index contributed by atoms with van der Waals surface area (Å²) in [4.78, 5) is 0.194. The molecule has 2 aromatic carbocycles.